The predicted octanol–water partition coefficient (Wildman–Crippen LogP) is -1.42. The van der Waals surface area contributed by atoms with Crippen molar-refractivity contribution in [2.75, 3.05) is 0 Å². The van der Waals surface area contributed by atoms with Gasteiger partial charge in [0.15, 0.2) is 0 Å². The molecule has 0 unspecified atom stereocenters. The van der Waals surface area contributed by atoms with Gasteiger partial charge in [0.2, 0.25) is 0 Å². The van der Waals surface area contributed by atoms with Gasteiger partial charge in [-0.2, -0.15) is 0 Å². The first-order valence-electron chi connectivity index (χ1n) is 0. The van der Waals surface area contributed by atoms with Gasteiger partial charge in [-0.1, -0.05) is 0 Å². The maximum Gasteiger partial charge on any atom is 0 e. The molecule has 4 heavy (non-hydrogen) atoms. The first kappa shape index (κ1) is 27.8. The zero-order valence-corrected chi connectivity index (χ0v) is 6.39. The number of rotatable bonds is 0. The van der Waals surface area contributed by atoms with Crippen LogP contribution in [0.15, 0.2) is 0 Å². The van der Waals surface area contributed by atoms with Crippen molar-refractivity contribution in [3.05, 3.63) is 0 Å². The first-order chi connectivity index (χ1) is 0. The van der Waals surface area contributed by atoms with Gasteiger partial charge in [0.05, 0.1) is 0 Å². The summed E-state index contributed by atoms with van der Waals surface area (Å²) in [7, 11) is 0. The Balaban J connectivity index is 0. The topological polar surface area (TPSA) is 28.5 Å². The summed E-state index contributed by atoms with van der Waals surface area (Å²) < 4.78 is 0. The van der Waals surface area contributed by atoms with Gasteiger partial charge in [0.1, 0.15) is 0 Å². The third-order valence-corrected chi connectivity index (χ3v) is 0. The Morgan fingerprint density at radius 1 is 1.00 bits per heavy atom. The second-order valence-corrected chi connectivity index (χ2v) is 0. The molecule has 1 nitrogen and oxygen atoms in total. The first-order valence-corrected chi connectivity index (χ1v) is 0. The van der Waals surface area contributed by atoms with E-state index in [0.29, 0.717) is 0 Å². The molecule has 0 saturated heterocycles. The largest absolute Gasteiger partial charge is 0 e. The van der Waals surface area contributed by atoms with Gasteiger partial charge < -0.3 is 0 Å². The monoisotopic (exact) mass is 363 g/mol. The van der Waals surface area contributed by atoms with Gasteiger partial charge in [-0.15, -0.1) is 0 Å². The van der Waals surface area contributed by atoms with E-state index in [4.69, 9.17) is 0 Å². The smallest absolute Gasteiger partial charge is 0 e. The van der Waals surface area contributed by atoms with Gasteiger partial charge in [-0.25, -0.2) is 0 Å². The van der Waals surface area contributed by atoms with E-state index in [1.807, 2.05) is 0 Å². The third kappa shape index (κ3) is 8.90. The van der Waals surface area contributed by atoms with E-state index in [-0.39, 0.29) is 98.9 Å². The molecule has 0 rings (SSSR count). The fourth-order valence-corrected chi connectivity index (χ4v) is 0. The van der Waals surface area contributed by atoms with E-state index in [1.54, 1.807) is 0 Å². The maximum absolute atomic E-state index is 0. The van der Waals surface area contributed by atoms with E-state index in [9.17, 15) is 0 Å². The molecule has 0 fully saturated rings. The van der Waals surface area contributed by atoms with Crippen LogP contribution in [0.1, 0.15) is 0 Å². The SMILES string of the molecule is [Bi].[O].[SrH2].[Ti]. The minimum absolute atomic E-state index is 0. The van der Waals surface area contributed by atoms with Crippen molar-refractivity contribution in [2.24, 2.45) is 0 Å². The summed E-state index contributed by atoms with van der Waals surface area (Å²) in [6.07, 6.45) is 0. The molecule has 0 aromatic rings. The van der Waals surface area contributed by atoms with Crippen LogP contribution in [0.2, 0.25) is 0 Å². The van der Waals surface area contributed by atoms with E-state index in [1.165, 1.54) is 0 Å². The van der Waals surface area contributed by atoms with Gasteiger partial charge in [-0.3, -0.25) is 0 Å². The van der Waals surface area contributed by atoms with Crippen molar-refractivity contribution >= 4 is 71.7 Å². The van der Waals surface area contributed by atoms with Gasteiger partial charge >= 0.3 is 45.5 Å². The number of hydrogen-bond donors (Lipinski definition) is 0. The average Bonchev–Trinajstić information content (AvgIpc) is 0. The van der Waals surface area contributed by atoms with Crippen LogP contribution in [0.4, 0.5) is 0 Å². The normalized spacial score (nSPS) is 0. The van der Waals surface area contributed by atoms with Crippen LogP contribution in [-0.4, -0.2) is 71.7 Å². The van der Waals surface area contributed by atoms with Gasteiger partial charge in [0.25, 0.3) is 0 Å². The summed E-state index contributed by atoms with van der Waals surface area (Å²) in [5, 5.41) is 0. The molecular weight excluding hydrogens is 360 g/mol. The van der Waals surface area contributed by atoms with Crippen molar-refractivity contribution in [1.82, 2.24) is 0 Å². The fourth-order valence-electron chi connectivity index (χ4n) is 0. The summed E-state index contributed by atoms with van der Waals surface area (Å²) in [5.74, 6) is 0. The molecule has 4 heteroatoms. The van der Waals surface area contributed by atoms with E-state index < -0.39 is 0 Å². The summed E-state index contributed by atoms with van der Waals surface area (Å²) in [6.45, 7) is 0. The van der Waals surface area contributed by atoms with Crippen LogP contribution < -0.4 is 0 Å². The molecule has 0 bridgehead atoms. The van der Waals surface area contributed by atoms with Crippen LogP contribution in [0.5, 0.6) is 0 Å². The minimum Gasteiger partial charge on any atom is 0 e. The molecule has 19 valence electrons. The summed E-state index contributed by atoms with van der Waals surface area (Å²) in [5.41, 5.74) is 0. The Bertz CT molecular complexity index is 8.00. The van der Waals surface area contributed by atoms with Crippen molar-refractivity contribution < 1.29 is 27.2 Å². The molecule has 0 N–H and O–H groups in total. The Hall–Kier alpha value is 3.04. The molecule has 0 spiro atoms. The Morgan fingerprint density at radius 2 is 1.00 bits per heavy atom. The van der Waals surface area contributed by atoms with Crippen molar-refractivity contribution in [2.45, 2.75) is 0 Å². The van der Waals surface area contributed by atoms with Crippen LogP contribution in [-0.2, 0) is 27.2 Å². The Labute approximate surface area is 96.5 Å². The summed E-state index contributed by atoms with van der Waals surface area (Å²) in [6, 6.07) is 0. The van der Waals surface area contributed by atoms with E-state index in [0.717, 1.165) is 0 Å². The van der Waals surface area contributed by atoms with Crippen molar-refractivity contribution in [3.8, 4) is 0 Å². The molecule has 0 aliphatic heterocycles. The molecule has 0 amide bonds. The molecule has 5 radical (unpaired) electrons. The molecule has 0 aliphatic carbocycles. The predicted molar refractivity (Wildman–Crippen MR) is 15.0 cm³/mol. The average molecular weight is 362 g/mol. The molecule has 0 saturated carbocycles. The molecule has 0 aromatic carbocycles. The second kappa shape index (κ2) is 16.6. The van der Waals surface area contributed by atoms with Gasteiger partial charge in [0, 0.05) is 53.4 Å². The Kier molecular flexibility index (Phi) is 115. The van der Waals surface area contributed by atoms with Crippen molar-refractivity contribution in [1.29, 1.82) is 0 Å². The van der Waals surface area contributed by atoms with Gasteiger partial charge in [-0.05, 0) is 0 Å². The molecule has 0 aliphatic rings. The quantitative estimate of drug-likeness (QED) is 0.474. The van der Waals surface area contributed by atoms with Crippen LogP contribution >= 0.6 is 0 Å². The molecule has 0 heterocycles. The van der Waals surface area contributed by atoms with E-state index >= 15 is 0 Å². The molecular formula is H2BiOSrTi. The molecule has 0 atom stereocenters. The fraction of sp³-hybridized carbons (Fsp3) is 0. The van der Waals surface area contributed by atoms with Crippen LogP contribution in [0.3, 0.4) is 0 Å². The summed E-state index contributed by atoms with van der Waals surface area (Å²) in [4.78, 5) is 0. The van der Waals surface area contributed by atoms with Crippen LogP contribution in [0, 0.1) is 0 Å². The summed E-state index contributed by atoms with van der Waals surface area (Å²) >= 11 is 0. The van der Waals surface area contributed by atoms with Crippen molar-refractivity contribution in [3.63, 3.8) is 0 Å². The maximum atomic E-state index is 0. The Morgan fingerprint density at radius 3 is 1.00 bits per heavy atom. The third-order valence-electron chi connectivity index (χ3n) is 0. The minimum atomic E-state index is 0. The standard InChI is InChI=1S/Bi.O.Sr.Ti.2H. The zero-order chi connectivity index (χ0) is 0. The second-order valence-electron chi connectivity index (χ2n) is 0. The number of hydrogen-bond acceptors (Lipinski definition) is 0. The van der Waals surface area contributed by atoms with E-state index in [2.05, 4.69) is 0 Å². The van der Waals surface area contributed by atoms with Crippen LogP contribution in [0.25, 0.3) is 0 Å². The molecule has 0 aromatic heterocycles. The zero-order valence-electron chi connectivity index (χ0n) is 1.36.